The molecule has 1 atom stereocenters. The van der Waals surface area contributed by atoms with Crippen LogP contribution in [0.2, 0.25) is 0 Å². The first-order chi connectivity index (χ1) is 9.43. The fourth-order valence-corrected chi connectivity index (χ4v) is 4.62. The van der Waals surface area contributed by atoms with E-state index in [1.807, 2.05) is 12.3 Å². The molecule has 1 saturated carbocycles. The minimum absolute atomic E-state index is 0.162. The first-order valence-corrected chi connectivity index (χ1v) is 8.68. The first-order valence-electron chi connectivity index (χ1n) is 6.95. The van der Waals surface area contributed by atoms with Gasteiger partial charge in [-0.2, -0.15) is 24.5 Å². The molecule has 2 rings (SSSR count). The van der Waals surface area contributed by atoms with Crippen LogP contribution in [-0.4, -0.2) is 12.7 Å². The molecule has 0 aromatic carbocycles. The van der Waals surface area contributed by atoms with E-state index in [2.05, 4.69) is 26.6 Å². The predicted octanol–water partition coefficient (Wildman–Crippen LogP) is 5.53. The van der Waals surface area contributed by atoms with Crippen LogP contribution in [0.4, 0.5) is 13.2 Å². The van der Waals surface area contributed by atoms with Gasteiger partial charge < -0.3 is 5.32 Å². The molecule has 1 aromatic heterocycles. The molecular weight excluding hydrogens is 351 g/mol. The second-order valence-corrected chi connectivity index (χ2v) is 6.96. The summed E-state index contributed by atoms with van der Waals surface area (Å²) in [6.45, 7) is 2.86. The number of thiophene rings is 1. The van der Waals surface area contributed by atoms with E-state index in [4.69, 9.17) is 0 Å². The summed E-state index contributed by atoms with van der Waals surface area (Å²) in [5, 5.41) is 7.56. The number of hydrogen-bond donors (Lipinski definition) is 1. The largest absolute Gasteiger partial charge is 0.391 e. The van der Waals surface area contributed by atoms with Crippen molar-refractivity contribution in [3.05, 3.63) is 20.8 Å². The molecule has 1 aromatic rings. The van der Waals surface area contributed by atoms with Crippen LogP contribution >= 0.6 is 27.3 Å². The van der Waals surface area contributed by atoms with Crippen molar-refractivity contribution in [1.82, 2.24) is 5.32 Å². The Morgan fingerprint density at radius 1 is 1.30 bits per heavy atom. The molecule has 1 nitrogen and oxygen atoms in total. The summed E-state index contributed by atoms with van der Waals surface area (Å²) < 4.78 is 39.3. The Balaban J connectivity index is 2.04. The van der Waals surface area contributed by atoms with Gasteiger partial charge in [-0.25, -0.2) is 0 Å². The molecule has 1 fully saturated rings. The Hall–Kier alpha value is -0.0700. The third-order valence-corrected chi connectivity index (χ3v) is 5.86. The van der Waals surface area contributed by atoms with Gasteiger partial charge in [-0.3, -0.25) is 0 Å². The minimum atomic E-state index is -4.03. The lowest BCUT2D eigenvalue weighted by molar-refractivity contribution is -0.184. The van der Waals surface area contributed by atoms with Crippen molar-refractivity contribution < 1.29 is 13.2 Å². The van der Waals surface area contributed by atoms with E-state index in [-0.39, 0.29) is 18.9 Å². The Morgan fingerprint density at radius 2 is 1.95 bits per heavy atom. The molecule has 114 valence electrons. The molecule has 0 bridgehead atoms. The second-order valence-electron chi connectivity index (χ2n) is 5.36. The van der Waals surface area contributed by atoms with Gasteiger partial charge in [0, 0.05) is 15.9 Å². The zero-order chi connectivity index (χ0) is 14.8. The van der Waals surface area contributed by atoms with Crippen molar-refractivity contribution in [3.63, 3.8) is 0 Å². The van der Waals surface area contributed by atoms with Crippen LogP contribution in [0.1, 0.15) is 44.2 Å². The molecule has 0 aliphatic heterocycles. The second kappa shape index (κ2) is 6.79. The highest BCUT2D eigenvalue weighted by atomic mass is 79.9. The lowest BCUT2D eigenvalue weighted by atomic mass is 9.77. The minimum Gasteiger partial charge on any atom is -0.310 e. The fraction of sp³-hybridized carbons (Fsp3) is 0.714. The molecule has 0 spiro atoms. The number of hydrogen-bond acceptors (Lipinski definition) is 2. The van der Waals surface area contributed by atoms with Gasteiger partial charge in [-0.15, -0.1) is 0 Å². The number of rotatable bonds is 4. The Morgan fingerprint density at radius 3 is 2.40 bits per heavy atom. The van der Waals surface area contributed by atoms with E-state index in [0.717, 1.165) is 11.0 Å². The van der Waals surface area contributed by atoms with Crippen molar-refractivity contribution in [3.8, 4) is 0 Å². The molecule has 0 radical (unpaired) electrons. The quantitative estimate of drug-likeness (QED) is 0.735. The van der Waals surface area contributed by atoms with Gasteiger partial charge in [-0.05, 0) is 65.0 Å². The topological polar surface area (TPSA) is 12.0 Å². The molecular formula is C14H19BrF3NS. The highest BCUT2D eigenvalue weighted by Gasteiger charge is 2.42. The standard InChI is InChI=1S/C14H19BrF3NS/c1-2-19-13(11-7-20-8-12(11)15)9-3-5-10(6-4-9)14(16,17)18/h7-10,13,19H,2-6H2,1H3. The fourth-order valence-electron chi connectivity index (χ4n) is 3.04. The Labute approximate surface area is 130 Å². The third-order valence-electron chi connectivity index (χ3n) is 4.11. The van der Waals surface area contributed by atoms with Crippen LogP contribution in [0.5, 0.6) is 0 Å². The highest BCUT2D eigenvalue weighted by molar-refractivity contribution is 9.10. The maximum absolute atomic E-state index is 12.7. The van der Waals surface area contributed by atoms with E-state index >= 15 is 0 Å². The molecule has 1 N–H and O–H groups in total. The lowest BCUT2D eigenvalue weighted by Gasteiger charge is -2.35. The van der Waals surface area contributed by atoms with Crippen LogP contribution in [0, 0.1) is 11.8 Å². The summed E-state index contributed by atoms with van der Waals surface area (Å²) >= 11 is 5.16. The molecule has 20 heavy (non-hydrogen) atoms. The smallest absolute Gasteiger partial charge is 0.310 e. The first kappa shape index (κ1) is 16.3. The van der Waals surface area contributed by atoms with Crippen LogP contribution < -0.4 is 5.32 Å². The number of nitrogens with one attached hydrogen (secondary N) is 1. The maximum atomic E-state index is 12.7. The zero-order valence-corrected chi connectivity index (χ0v) is 13.7. The molecule has 1 unspecified atom stereocenters. The van der Waals surface area contributed by atoms with Crippen LogP contribution in [0.15, 0.2) is 15.2 Å². The lowest BCUT2D eigenvalue weighted by Crippen LogP contribution is -2.34. The van der Waals surface area contributed by atoms with Gasteiger partial charge in [0.1, 0.15) is 0 Å². The Kier molecular flexibility index (Phi) is 5.54. The van der Waals surface area contributed by atoms with Gasteiger partial charge in [0.05, 0.1) is 5.92 Å². The van der Waals surface area contributed by atoms with Gasteiger partial charge in [-0.1, -0.05) is 6.92 Å². The van der Waals surface area contributed by atoms with Gasteiger partial charge >= 0.3 is 6.18 Å². The van der Waals surface area contributed by atoms with Crippen molar-refractivity contribution in [2.75, 3.05) is 6.54 Å². The Bertz CT molecular complexity index is 424. The predicted molar refractivity (Wildman–Crippen MR) is 79.9 cm³/mol. The third kappa shape index (κ3) is 3.77. The van der Waals surface area contributed by atoms with E-state index in [0.29, 0.717) is 18.8 Å². The monoisotopic (exact) mass is 369 g/mol. The van der Waals surface area contributed by atoms with Gasteiger partial charge in [0.25, 0.3) is 0 Å². The van der Waals surface area contributed by atoms with Crippen molar-refractivity contribution >= 4 is 27.3 Å². The molecule has 1 heterocycles. The molecule has 1 aliphatic rings. The highest BCUT2D eigenvalue weighted by Crippen LogP contribution is 2.44. The molecule has 0 amide bonds. The summed E-state index contributed by atoms with van der Waals surface area (Å²) in [4.78, 5) is 0. The number of alkyl halides is 3. The summed E-state index contributed by atoms with van der Waals surface area (Å²) in [7, 11) is 0. The van der Waals surface area contributed by atoms with Crippen molar-refractivity contribution in [1.29, 1.82) is 0 Å². The van der Waals surface area contributed by atoms with E-state index in [1.54, 1.807) is 11.3 Å². The van der Waals surface area contributed by atoms with E-state index in [1.165, 1.54) is 5.56 Å². The van der Waals surface area contributed by atoms with E-state index in [9.17, 15) is 13.2 Å². The maximum Gasteiger partial charge on any atom is 0.391 e. The van der Waals surface area contributed by atoms with Gasteiger partial charge in [0.15, 0.2) is 0 Å². The number of halogens is 4. The zero-order valence-electron chi connectivity index (χ0n) is 11.3. The average molecular weight is 370 g/mol. The normalized spacial score (nSPS) is 25.6. The summed E-state index contributed by atoms with van der Waals surface area (Å²) in [5.41, 5.74) is 1.19. The molecule has 0 saturated heterocycles. The average Bonchev–Trinajstić information content (AvgIpc) is 2.81. The molecule has 6 heteroatoms. The SMILES string of the molecule is CCNC(c1cscc1Br)C1CCC(C(F)(F)F)CC1. The van der Waals surface area contributed by atoms with Crippen LogP contribution in [0.25, 0.3) is 0 Å². The van der Waals surface area contributed by atoms with Crippen LogP contribution in [0.3, 0.4) is 0 Å². The van der Waals surface area contributed by atoms with Gasteiger partial charge in [0.2, 0.25) is 0 Å². The van der Waals surface area contributed by atoms with Crippen molar-refractivity contribution in [2.24, 2.45) is 11.8 Å². The summed E-state index contributed by atoms with van der Waals surface area (Å²) in [6.07, 6.45) is -2.22. The summed E-state index contributed by atoms with van der Waals surface area (Å²) in [5.74, 6) is -0.814. The summed E-state index contributed by atoms with van der Waals surface area (Å²) in [6, 6.07) is 0.162. The van der Waals surface area contributed by atoms with Crippen LogP contribution in [-0.2, 0) is 0 Å². The van der Waals surface area contributed by atoms with E-state index < -0.39 is 12.1 Å². The van der Waals surface area contributed by atoms with Crippen molar-refractivity contribution in [2.45, 2.75) is 44.8 Å². The molecule has 1 aliphatic carbocycles.